The van der Waals surface area contributed by atoms with Crippen molar-refractivity contribution in [2.75, 3.05) is 0 Å². The molecule has 2 aliphatic carbocycles. The second-order valence-electron chi connectivity index (χ2n) is 4.83. The summed E-state index contributed by atoms with van der Waals surface area (Å²) >= 11 is 0. The molecule has 0 spiro atoms. The highest BCUT2D eigenvalue weighted by molar-refractivity contribution is 6.05. The zero-order chi connectivity index (χ0) is 11.2. The fourth-order valence-corrected chi connectivity index (χ4v) is 1.71. The zero-order valence-electron chi connectivity index (χ0n) is 9.11. The van der Waals surface area contributed by atoms with Gasteiger partial charge in [0.05, 0.1) is 11.6 Å². The molecule has 0 aliphatic heterocycles. The number of nitrogens with two attached hydrogens (primary N) is 1. The summed E-state index contributed by atoms with van der Waals surface area (Å²) in [6.45, 7) is 0. The standard InChI is InChI=1S/C13H15NO2/c14-13(7-8-13)12(15)9-1-3-10(4-2-9)16-11-5-6-11/h1-4,11H,5-8,14H2. The molecule has 2 N–H and O–H groups in total. The summed E-state index contributed by atoms with van der Waals surface area (Å²) in [5.41, 5.74) is 6.00. The Morgan fingerprint density at radius 3 is 2.38 bits per heavy atom. The average molecular weight is 217 g/mol. The molecule has 0 unspecified atom stereocenters. The lowest BCUT2D eigenvalue weighted by molar-refractivity contribution is 0.0949. The summed E-state index contributed by atoms with van der Waals surface area (Å²) in [6, 6.07) is 7.34. The van der Waals surface area contributed by atoms with Crippen LogP contribution in [0, 0.1) is 0 Å². The Morgan fingerprint density at radius 1 is 1.25 bits per heavy atom. The topological polar surface area (TPSA) is 52.3 Å². The van der Waals surface area contributed by atoms with Gasteiger partial charge in [0.2, 0.25) is 0 Å². The van der Waals surface area contributed by atoms with Crippen LogP contribution in [-0.4, -0.2) is 17.4 Å². The quantitative estimate of drug-likeness (QED) is 0.784. The van der Waals surface area contributed by atoms with Gasteiger partial charge >= 0.3 is 0 Å². The number of hydrogen-bond donors (Lipinski definition) is 1. The minimum atomic E-state index is -0.571. The van der Waals surface area contributed by atoms with Crippen molar-refractivity contribution in [3.8, 4) is 5.75 Å². The Balaban J connectivity index is 1.73. The number of hydrogen-bond acceptors (Lipinski definition) is 3. The third kappa shape index (κ3) is 1.83. The van der Waals surface area contributed by atoms with E-state index in [1.807, 2.05) is 24.3 Å². The van der Waals surface area contributed by atoms with Gasteiger partial charge in [0.25, 0.3) is 0 Å². The fourth-order valence-electron chi connectivity index (χ4n) is 1.71. The van der Waals surface area contributed by atoms with Crippen LogP contribution in [-0.2, 0) is 0 Å². The molecule has 3 nitrogen and oxygen atoms in total. The SMILES string of the molecule is NC1(C(=O)c2ccc(OC3CC3)cc2)CC1. The van der Waals surface area contributed by atoms with Crippen molar-refractivity contribution in [2.45, 2.75) is 37.3 Å². The van der Waals surface area contributed by atoms with Gasteiger partial charge in [0, 0.05) is 5.56 Å². The predicted molar refractivity (Wildman–Crippen MR) is 60.6 cm³/mol. The number of rotatable bonds is 4. The van der Waals surface area contributed by atoms with Crippen molar-refractivity contribution in [1.29, 1.82) is 0 Å². The first-order chi connectivity index (χ1) is 7.67. The van der Waals surface area contributed by atoms with Crippen LogP contribution >= 0.6 is 0 Å². The minimum absolute atomic E-state index is 0.0606. The highest BCUT2D eigenvalue weighted by Gasteiger charge is 2.45. The van der Waals surface area contributed by atoms with Crippen molar-refractivity contribution in [3.05, 3.63) is 29.8 Å². The summed E-state index contributed by atoms with van der Waals surface area (Å²) in [5.74, 6) is 0.909. The number of carbonyl (C=O) groups excluding carboxylic acids is 1. The molecule has 0 radical (unpaired) electrons. The molecule has 0 heterocycles. The molecule has 0 bridgehead atoms. The molecule has 0 saturated heterocycles. The Labute approximate surface area is 94.6 Å². The van der Waals surface area contributed by atoms with E-state index in [1.54, 1.807) is 0 Å². The van der Waals surface area contributed by atoms with E-state index < -0.39 is 5.54 Å². The maximum Gasteiger partial charge on any atom is 0.182 e. The van der Waals surface area contributed by atoms with E-state index in [4.69, 9.17) is 10.5 Å². The van der Waals surface area contributed by atoms with E-state index in [1.165, 1.54) is 0 Å². The van der Waals surface area contributed by atoms with Gasteiger partial charge < -0.3 is 10.5 Å². The van der Waals surface area contributed by atoms with E-state index in [0.29, 0.717) is 11.7 Å². The lowest BCUT2D eigenvalue weighted by Gasteiger charge is -2.08. The largest absolute Gasteiger partial charge is 0.490 e. The Hall–Kier alpha value is -1.35. The van der Waals surface area contributed by atoms with Crippen LogP contribution in [0.3, 0.4) is 0 Å². The average Bonchev–Trinajstić information content (AvgIpc) is 3.18. The van der Waals surface area contributed by atoms with Gasteiger partial charge in [0.15, 0.2) is 5.78 Å². The molecule has 84 valence electrons. The molecule has 3 rings (SSSR count). The monoisotopic (exact) mass is 217 g/mol. The normalized spacial score (nSPS) is 21.6. The Kier molecular flexibility index (Phi) is 2.04. The maximum atomic E-state index is 11.9. The first kappa shape index (κ1) is 9.85. The molecule has 1 aromatic rings. The van der Waals surface area contributed by atoms with E-state index in [-0.39, 0.29) is 5.78 Å². The molecule has 3 heteroatoms. The second kappa shape index (κ2) is 3.32. The molecule has 16 heavy (non-hydrogen) atoms. The molecule has 2 saturated carbocycles. The summed E-state index contributed by atoms with van der Waals surface area (Å²) in [6.07, 6.45) is 4.31. The van der Waals surface area contributed by atoms with Crippen LogP contribution in [0.1, 0.15) is 36.0 Å². The highest BCUT2D eigenvalue weighted by atomic mass is 16.5. The molecular formula is C13H15NO2. The summed E-state index contributed by atoms with van der Waals surface area (Å²) in [4.78, 5) is 11.9. The predicted octanol–water partition coefficient (Wildman–Crippen LogP) is 1.90. The molecule has 0 amide bonds. The number of ketones is 1. The van der Waals surface area contributed by atoms with Crippen molar-refractivity contribution >= 4 is 5.78 Å². The summed E-state index contributed by atoms with van der Waals surface area (Å²) in [5, 5.41) is 0. The first-order valence-electron chi connectivity index (χ1n) is 5.78. The molecule has 0 atom stereocenters. The Morgan fingerprint density at radius 2 is 1.88 bits per heavy atom. The third-order valence-electron chi connectivity index (χ3n) is 3.18. The number of carbonyl (C=O) groups is 1. The lowest BCUT2D eigenvalue weighted by Crippen LogP contribution is -2.32. The summed E-state index contributed by atoms with van der Waals surface area (Å²) < 4.78 is 5.62. The molecule has 2 fully saturated rings. The van der Waals surface area contributed by atoms with Crippen molar-refractivity contribution in [1.82, 2.24) is 0 Å². The lowest BCUT2D eigenvalue weighted by atomic mass is 10.0. The van der Waals surface area contributed by atoms with Gasteiger partial charge in [-0.15, -0.1) is 0 Å². The van der Waals surface area contributed by atoms with Gasteiger partial charge in [-0.1, -0.05) is 0 Å². The third-order valence-corrected chi connectivity index (χ3v) is 3.18. The number of Topliss-reactive ketones (excluding diaryl/α,β-unsaturated/α-hetero) is 1. The van der Waals surface area contributed by atoms with Crippen LogP contribution in [0.15, 0.2) is 24.3 Å². The van der Waals surface area contributed by atoms with Crippen LogP contribution in [0.4, 0.5) is 0 Å². The van der Waals surface area contributed by atoms with Gasteiger partial charge in [-0.2, -0.15) is 0 Å². The molecular weight excluding hydrogens is 202 g/mol. The van der Waals surface area contributed by atoms with Crippen LogP contribution in [0.25, 0.3) is 0 Å². The summed E-state index contributed by atoms with van der Waals surface area (Å²) in [7, 11) is 0. The highest BCUT2D eigenvalue weighted by Crippen LogP contribution is 2.36. The van der Waals surface area contributed by atoms with E-state index in [2.05, 4.69) is 0 Å². The van der Waals surface area contributed by atoms with Crippen molar-refractivity contribution in [2.24, 2.45) is 5.73 Å². The smallest absolute Gasteiger partial charge is 0.182 e. The molecule has 1 aromatic carbocycles. The van der Waals surface area contributed by atoms with E-state index >= 15 is 0 Å². The van der Waals surface area contributed by atoms with E-state index in [9.17, 15) is 4.79 Å². The number of ether oxygens (including phenoxy) is 1. The van der Waals surface area contributed by atoms with Crippen LogP contribution in [0.5, 0.6) is 5.75 Å². The second-order valence-corrected chi connectivity index (χ2v) is 4.83. The first-order valence-corrected chi connectivity index (χ1v) is 5.78. The molecule has 2 aliphatic rings. The van der Waals surface area contributed by atoms with Crippen molar-refractivity contribution < 1.29 is 9.53 Å². The number of benzene rings is 1. The van der Waals surface area contributed by atoms with Gasteiger partial charge in [-0.05, 0) is 49.9 Å². The zero-order valence-corrected chi connectivity index (χ0v) is 9.11. The maximum absolute atomic E-state index is 11.9. The Bertz CT molecular complexity index is 416. The van der Waals surface area contributed by atoms with Crippen LogP contribution < -0.4 is 10.5 Å². The van der Waals surface area contributed by atoms with Gasteiger partial charge in [-0.25, -0.2) is 0 Å². The van der Waals surface area contributed by atoms with Crippen LogP contribution in [0.2, 0.25) is 0 Å². The minimum Gasteiger partial charge on any atom is -0.490 e. The molecule has 0 aromatic heterocycles. The van der Waals surface area contributed by atoms with Crippen molar-refractivity contribution in [3.63, 3.8) is 0 Å². The fraction of sp³-hybridized carbons (Fsp3) is 0.462. The van der Waals surface area contributed by atoms with E-state index in [0.717, 1.165) is 31.4 Å². The van der Waals surface area contributed by atoms with Gasteiger partial charge in [-0.3, -0.25) is 4.79 Å². The van der Waals surface area contributed by atoms with Gasteiger partial charge in [0.1, 0.15) is 5.75 Å².